The average molecular weight is 302 g/mol. The zero-order chi connectivity index (χ0) is 15.2. The van der Waals surface area contributed by atoms with Gasteiger partial charge >= 0.3 is 10.3 Å². The first-order valence-corrected chi connectivity index (χ1v) is 8.04. The highest BCUT2D eigenvalue weighted by molar-refractivity contribution is 7.87. The van der Waals surface area contributed by atoms with E-state index in [9.17, 15) is 8.42 Å². The van der Waals surface area contributed by atoms with Gasteiger partial charge in [-0.05, 0) is 25.0 Å². The van der Waals surface area contributed by atoms with Crippen molar-refractivity contribution in [1.82, 2.24) is 0 Å². The van der Waals surface area contributed by atoms with E-state index in [1.807, 2.05) is 6.07 Å². The molecule has 0 aromatic heterocycles. The number of nitrogens with one attached hydrogen (secondary N) is 1. The van der Waals surface area contributed by atoms with E-state index in [-0.39, 0.29) is 5.69 Å². The Labute approximate surface area is 120 Å². The molecule has 0 bridgehead atoms. The van der Waals surface area contributed by atoms with Gasteiger partial charge in [0.2, 0.25) is 0 Å². The Morgan fingerprint density at radius 3 is 2.30 bits per heavy atom. The molecule has 20 heavy (non-hydrogen) atoms. The number of benzene rings is 1. The van der Waals surface area contributed by atoms with E-state index in [4.69, 9.17) is 9.29 Å². The molecule has 7 heteroatoms. The summed E-state index contributed by atoms with van der Waals surface area (Å²) in [5, 5.41) is 0. The first-order valence-electron chi connectivity index (χ1n) is 6.60. The lowest BCUT2D eigenvalue weighted by atomic mass is 10.2. The summed E-state index contributed by atoms with van der Waals surface area (Å²) >= 11 is 0. The van der Waals surface area contributed by atoms with Crippen LogP contribution in [0.1, 0.15) is 26.7 Å². The number of nitrogens with zero attached hydrogens (tertiary/aromatic N) is 1. The van der Waals surface area contributed by atoms with Crippen LogP contribution >= 0.6 is 0 Å². The third kappa shape index (κ3) is 4.57. The van der Waals surface area contributed by atoms with Gasteiger partial charge in [0.05, 0.1) is 18.5 Å². The Morgan fingerprint density at radius 1 is 1.25 bits per heavy atom. The molecular formula is C13H22N2O4S. The molecule has 0 aliphatic carbocycles. The SMILES string of the molecule is CCCN(CCC)c1cccc(NS(=O)(=O)O)c1OC. The zero-order valence-corrected chi connectivity index (χ0v) is 12.9. The number of hydrogen-bond acceptors (Lipinski definition) is 4. The molecule has 0 fully saturated rings. The molecule has 1 rings (SSSR count). The van der Waals surface area contributed by atoms with Crippen molar-refractivity contribution in [1.29, 1.82) is 0 Å². The minimum atomic E-state index is -4.33. The van der Waals surface area contributed by atoms with Crippen molar-refractivity contribution < 1.29 is 17.7 Å². The molecule has 0 unspecified atom stereocenters. The molecule has 0 amide bonds. The Morgan fingerprint density at radius 2 is 1.85 bits per heavy atom. The van der Waals surface area contributed by atoms with Crippen molar-refractivity contribution in [3.05, 3.63) is 18.2 Å². The summed E-state index contributed by atoms with van der Waals surface area (Å²) in [5.41, 5.74) is 1.04. The third-order valence-electron chi connectivity index (χ3n) is 2.77. The van der Waals surface area contributed by atoms with Crippen LogP contribution in [0.5, 0.6) is 5.75 Å². The first-order chi connectivity index (χ1) is 9.42. The second-order valence-electron chi connectivity index (χ2n) is 4.42. The fraction of sp³-hybridized carbons (Fsp3) is 0.538. The summed E-state index contributed by atoms with van der Waals surface area (Å²) in [4.78, 5) is 2.13. The van der Waals surface area contributed by atoms with Gasteiger partial charge < -0.3 is 9.64 Å². The lowest BCUT2D eigenvalue weighted by Gasteiger charge is -2.26. The lowest BCUT2D eigenvalue weighted by Crippen LogP contribution is -2.25. The van der Waals surface area contributed by atoms with Crippen LogP contribution in [0, 0.1) is 0 Å². The molecule has 0 heterocycles. The van der Waals surface area contributed by atoms with E-state index in [1.165, 1.54) is 7.11 Å². The van der Waals surface area contributed by atoms with Crippen LogP contribution in [0.3, 0.4) is 0 Å². The molecule has 6 nitrogen and oxygen atoms in total. The van der Waals surface area contributed by atoms with Crippen molar-refractivity contribution in [2.75, 3.05) is 29.8 Å². The molecular weight excluding hydrogens is 280 g/mol. The van der Waals surface area contributed by atoms with Gasteiger partial charge in [0.15, 0.2) is 5.75 Å². The molecule has 0 atom stereocenters. The number of hydrogen-bond donors (Lipinski definition) is 2. The summed E-state index contributed by atoms with van der Waals surface area (Å²) in [5.74, 6) is 0.409. The van der Waals surface area contributed by atoms with Crippen molar-refractivity contribution >= 4 is 21.7 Å². The van der Waals surface area contributed by atoms with Gasteiger partial charge in [0.1, 0.15) is 0 Å². The van der Waals surface area contributed by atoms with Crippen LogP contribution in [-0.4, -0.2) is 33.2 Å². The maximum Gasteiger partial charge on any atom is 0.357 e. The Kier molecular flexibility index (Phi) is 6.09. The molecule has 0 radical (unpaired) electrons. The van der Waals surface area contributed by atoms with Crippen molar-refractivity contribution in [3.8, 4) is 5.75 Å². The molecule has 1 aromatic rings. The quantitative estimate of drug-likeness (QED) is 0.721. The van der Waals surface area contributed by atoms with Crippen LogP contribution in [0.15, 0.2) is 18.2 Å². The molecule has 2 N–H and O–H groups in total. The fourth-order valence-electron chi connectivity index (χ4n) is 2.10. The van der Waals surface area contributed by atoms with Gasteiger partial charge in [-0.15, -0.1) is 0 Å². The second-order valence-corrected chi connectivity index (χ2v) is 5.58. The largest absolute Gasteiger partial charge is 0.492 e. The maximum atomic E-state index is 11.0. The lowest BCUT2D eigenvalue weighted by molar-refractivity contribution is 0.415. The van der Waals surface area contributed by atoms with Gasteiger partial charge in [-0.3, -0.25) is 9.27 Å². The summed E-state index contributed by atoms with van der Waals surface area (Å²) < 4.78 is 38.2. The third-order valence-corrected chi connectivity index (χ3v) is 3.24. The molecule has 0 saturated heterocycles. The van der Waals surface area contributed by atoms with Gasteiger partial charge in [0, 0.05) is 13.1 Å². The predicted octanol–water partition coefficient (Wildman–Crippen LogP) is 2.54. The minimum absolute atomic E-state index is 0.227. The monoisotopic (exact) mass is 302 g/mol. The van der Waals surface area contributed by atoms with Crippen LogP contribution < -0.4 is 14.4 Å². The van der Waals surface area contributed by atoms with Gasteiger partial charge in [-0.25, -0.2) is 0 Å². The number of ether oxygens (including phenoxy) is 1. The molecule has 0 spiro atoms. The van der Waals surface area contributed by atoms with Crippen molar-refractivity contribution in [2.45, 2.75) is 26.7 Å². The normalized spacial score (nSPS) is 11.2. The standard InChI is InChI=1S/C13H22N2O4S/c1-4-9-15(10-5-2)12-8-6-7-11(13(12)19-3)14-20(16,17)18/h6-8,14H,4-5,9-10H2,1-3H3,(H,16,17,18). The number of anilines is 2. The van der Waals surface area contributed by atoms with Crippen molar-refractivity contribution in [2.24, 2.45) is 0 Å². The first kappa shape index (κ1) is 16.6. The van der Waals surface area contributed by atoms with Gasteiger partial charge in [0.25, 0.3) is 0 Å². The summed E-state index contributed by atoms with van der Waals surface area (Å²) in [6.45, 7) is 5.85. The van der Waals surface area contributed by atoms with E-state index in [0.717, 1.165) is 31.6 Å². The highest BCUT2D eigenvalue weighted by Crippen LogP contribution is 2.36. The van der Waals surface area contributed by atoms with Crippen LogP contribution in [0.4, 0.5) is 11.4 Å². The highest BCUT2D eigenvalue weighted by atomic mass is 32.2. The van der Waals surface area contributed by atoms with E-state index >= 15 is 0 Å². The number of rotatable bonds is 8. The van der Waals surface area contributed by atoms with Gasteiger partial charge in [-0.1, -0.05) is 19.9 Å². The summed E-state index contributed by atoms with van der Waals surface area (Å²) in [6, 6.07) is 5.15. The highest BCUT2D eigenvalue weighted by Gasteiger charge is 2.17. The molecule has 0 aliphatic rings. The van der Waals surface area contributed by atoms with Crippen LogP contribution in [0.25, 0.3) is 0 Å². The molecule has 114 valence electrons. The fourth-order valence-corrected chi connectivity index (χ4v) is 2.54. The molecule has 0 saturated carbocycles. The van der Waals surface area contributed by atoms with Crippen LogP contribution in [-0.2, 0) is 10.3 Å². The maximum absolute atomic E-state index is 11.0. The molecule has 0 aliphatic heterocycles. The summed E-state index contributed by atoms with van der Waals surface area (Å²) in [6.07, 6.45) is 1.94. The van der Waals surface area contributed by atoms with Gasteiger partial charge in [-0.2, -0.15) is 8.42 Å². The molecule has 1 aromatic carbocycles. The topological polar surface area (TPSA) is 78.9 Å². The second kappa shape index (κ2) is 7.35. The van der Waals surface area contributed by atoms with E-state index < -0.39 is 10.3 Å². The average Bonchev–Trinajstić information content (AvgIpc) is 2.36. The Bertz CT molecular complexity index is 525. The summed E-state index contributed by atoms with van der Waals surface area (Å²) in [7, 11) is -2.85. The number of methoxy groups -OCH3 is 1. The predicted molar refractivity (Wildman–Crippen MR) is 81.0 cm³/mol. The van der Waals surface area contributed by atoms with E-state index in [0.29, 0.717) is 5.75 Å². The Hall–Kier alpha value is -1.47. The van der Waals surface area contributed by atoms with Crippen LogP contribution in [0.2, 0.25) is 0 Å². The number of para-hydroxylation sites is 1. The smallest absolute Gasteiger partial charge is 0.357 e. The Balaban J connectivity index is 3.21. The van der Waals surface area contributed by atoms with E-state index in [2.05, 4.69) is 23.5 Å². The van der Waals surface area contributed by atoms with Crippen molar-refractivity contribution in [3.63, 3.8) is 0 Å². The zero-order valence-electron chi connectivity index (χ0n) is 12.1. The minimum Gasteiger partial charge on any atom is -0.492 e. The van der Waals surface area contributed by atoms with E-state index in [1.54, 1.807) is 12.1 Å².